The van der Waals surface area contributed by atoms with Gasteiger partial charge in [-0.1, -0.05) is 6.07 Å². The fraction of sp³-hybridized carbons (Fsp3) is 0.391. The molecule has 2 aromatic rings. The summed E-state index contributed by atoms with van der Waals surface area (Å²) in [6.45, 7) is 2.63. The average molecular weight is 427 g/mol. The molecule has 0 radical (unpaired) electrons. The van der Waals surface area contributed by atoms with E-state index in [0.717, 1.165) is 12.8 Å². The van der Waals surface area contributed by atoms with Crippen molar-refractivity contribution in [1.29, 1.82) is 0 Å². The monoisotopic (exact) mass is 427 g/mol. The molecule has 1 aromatic carbocycles. The Bertz CT molecular complexity index is 1010. The lowest BCUT2D eigenvalue weighted by Gasteiger charge is -2.26. The summed E-state index contributed by atoms with van der Waals surface area (Å²) in [6, 6.07) is 7.58. The third kappa shape index (κ3) is 3.67. The van der Waals surface area contributed by atoms with Crippen molar-refractivity contribution in [3.05, 3.63) is 53.0 Å². The summed E-state index contributed by atoms with van der Waals surface area (Å²) >= 11 is 0. The number of carbonyl (C=O) groups excluding carboxylic acids is 2. The predicted molar refractivity (Wildman–Crippen MR) is 111 cm³/mol. The number of ketones is 1. The molecule has 2 aliphatic rings. The number of ether oxygens (including phenoxy) is 3. The molecule has 2 atom stereocenters. The largest absolute Gasteiger partial charge is 0.506 e. The van der Waals surface area contributed by atoms with Gasteiger partial charge in [-0.15, -0.1) is 0 Å². The number of furan rings is 1. The second-order valence-corrected chi connectivity index (χ2v) is 7.57. The van der Waals surface area contributed by atoms with E-state index in [2.05, 4.69) is 0 Å². The zero-order valence-electron chi connectivity index (χ0n) is 17.7. The Kier molecular flexibility index (Phi) is 5.73. The Morgan fingerprint density at radius 1 is 1.16 bits per heavy atom. The number of hydrogen-bond acceptors (Lipinski definition) is 7. The molecule has 164 valence electrons. The highest BCUT2D eigenvalue weighted by atomic mass is 16.5. The maximum absolute atomic E-state index is 13.1. The van der Waals surface area contributed by atoms with Crippen molar-refractivity contribution in [3.63, 3.8) is 0 Å². The number of benzene rings is 1. The van der Waals surface area contributed by atoms with E-state index in [1.807, 2.05) is 0 Å². The molecule has 1 amide bonds. The highest BCUT2D eigenvalue weighted by molar-refractivity contribution is 6.46. The fourth-order valence-electron chi connectivity index (χ4n) is 4.19. The van der Waals surface area contributed by atoms with Crippen LogP contribution >= 0.6 is 0 Å². The molecule has 0 saturated carbocycles. The van der Waals surface area contributed by atoms with Gasteiger partial charge in [0.05, 0.1) is 25.9 Å². The lowest BCUT2D eigenvalue weighted by molar-refractivity contribution is -0.141. The van der Waals surface area contributed by atoms with Gasteiger partial charge in [0.15, 0.2) is 0 Å². The van der Waals surface area contributed by atoms with Crippen LogP contribution < -0.4 is 9.47 Å². The number of methoxy groups -OCH3 is 2. The summed E-state index contributed by atoms with van der Waals surface area (Å²) in [5.41, 5.74) is 0.135. The van der Waals surface area contributed by atoms with E-state index in [1.165, 1.54) is 19.1 Å². The summed E-state index contributed by atoms with van der Waals surface area (Å²) in [6.07, 6.45) is 1.53. The van der Waals surface area contributed by atoms with E-state index in [-0.39, 0.29) is 29.5 Å². The molecule has 4 rings (SSSR count). The van der Waals surface area contributed by atoms with Crippen LogP contribution in [0, 0.1) is 6.92 Å². The number of aliphatic hydroxyl groups is 1. The zero-order valence-corrected chi connectivity index (χ0v) is 17.7. The quantitative estimate of drug-likeness (QED) is 0.429. The Balaban J connectivity index is 1.88. The number of aryl methyl sites for hydroxylation is 1. The van der Waals surface area contributed by atoms with Gasteiger partial charge in [0, 0.05) is 13.2 Å². The highest BCUT2D eigenvalue weighted by Gasteiger charge is 2.49. The van der Waals surface area contributed by atoms with Gasteiger partial charge < -0.3 is 28.6 Å². The van der Waals surface area contributed by atoms with E-state index >= 15 is 0 Å². The van der Waals surface area contributed by atoms with Crippen LogP contribution in [0.3, 0.4) is 0 Å². The number of amides is 1. The molecular formula is C23H25NO7. The van der Waals surface area contributed by atoms with Gasteiger partial charge >= 0.3 is 0 Å². The van der Waals surface area contributed by atoms with Crippen molar-refractivity contribution in [2.75, 3.05) is 27.4 Å². The minimum absolute atomic E-state index is 0.0693. The number of likely N-dealkylation sites (tertiary alicyclic amines) is 1. The van der Waals surface area contributed by atoms with Crippen molar-refractivity contribution in [2.45, 2.75) is 31.9 Å². The Hall–Kier alpha value is -3.26. The van der Waals surface area contributed by atoms with Crippen LogP contribution in [0.25, 0.3) is 5.76 Å². The first kappa shape index (κ1) is 21.0. The van der Waals surface area contributed by atoms with Crippen molar-refractivity contribution in [3.8, 4) is 11.5 Å². The van der Waals surface area contributed by atoms with E-state index in [4.69, 9.17) is 18.6 Å². The van der Waals surface area contributed by atoms with Crippen LogP contribution in [0.15, 0.2) is 40.3 Å². The van der Waals surface area contributed by atoms with E-state index in [0.29, 0.717) is 29.6 Å². The first-order chi connectivity index (χ1) is 15.0. The zero-order chi connectivity index (χ0) is 22.1. The second kappa shape index (κ2) is 8.47. The summed E-state index contributed by atoms with van der Waals surface area (Å²) in [7, 11) is 2.91. The van der Waals surface area contributed by atoms with Gasteiger partial charge in [-0.25, -0.2) is 0 Å². The first-order valence-electron chi connectivity index (χ1n) is 10.1. The first-order valence-corrected chi connectivity index (χ1v) is 10.1. The standard InChI is InChI=1S/C23H25NO7/c1-13-9-10-17(31-13)20-19(21(25)18-15(28-2)7-4-8-16(18)29-3)22(26)23(27)24(20)12-14-6-5-11-30-14/h4,7-10,14,20,25H,5-6,11-12H2,1-3H3/b21-19+. The van der Waals surface area contributed by atoms with E-state index < -0.39 is 17.7 Å². The molecule has 2 aliphatic heterocycles. The molecular weight excluding hydrogens is 402 g/mol. The Morgan fingerprint density at radius 3 is 2.42 bits per heavy atom. The predicted octanol–water partition coefficient (Wildman–Crippen LogP) is 3.21. The van der Waals surface area contributed by atoms with Crippen molar-refractivity contribution in [2.24, 2.45) is 0 Å². The van der Waals surface area contributed by atoms with Crippen LogP contribution in [0.2, 0.25) is 0 Å². The van der Waals surface area contributed by atoms with E-state index in [9.17, 15) is 14.7 Å². The Morgan fingerprint density at radius 2 is 1.87 bits per heavy atom. The van der Waals surface area contributed by atoms with Crippen LogP contribution in [0.5, 0.6) is 11.5 Å². The number of nitrogens with zero attached hydrogens (tertiary/aromatic N) is 1. The highest BCUT2D eigenvalue weighted by Crippen LogP contribution is 2.44. The molecule has 0 aliphatic carbocycles. The fourth-order valence-corrected chi connectivity index (χ4v) is 4.19. The lowest BCUT2D eigenvalue weighted by atomic mass is 9.98. The van der Waals surface area contributed by atoms with Crippen LogP contribution in [-0.2, 0) is 14.3 Å². The van der Waals surface area contributed by atoms with Crippen LogP contribution in [0.4, 0.5) is 0 Å². The van der Waals surface area contributed by atoms with Gasteiger partial charge in [-0.2, -0.15) is 0 Å². The van der Waals surface area contributed by atoms with Gasteiger partial charge in [0.1, 0.15) is 40.4 Å². The maximum Gasteiger partial charge on any atom is 0.295 e. The molecule has 2 saturated heterocycles. The van der Waals surface area contributed by atoms with Gasteiger partial charge in [0.25, 0.3) is 11.7 Å². The molecule has 0 bridgehead atoms. The maximum atomic E-state index is 13.1. The SMILES string of the molecule is COc1cccc(OC)c1/C(O)=C1\C(=O)C(=O)N(CC2CCCO2)C1c1ccc(C)o1. The molecule has 8 nitrogen and oxygen atoms in total. The lowest BCUT2D eigenvalue weighted by Crippen LogP contribution is -2.36. The molecule has 2 fully saturated rings. The molecule has 1 N–H and O–H groups in total. The summed E-state index contributed by atoms with van der Waals surface area (Å²) in [5, 5.41) is 11.3. The minimum Gasteiger partial charge on any atom is -0.506 e. The molecule has 3 heterocycles. The molecule has 2 unspecified atom stereocenters. The topological polar surface area (TPSA) is 98.4 Å². The molecule has 8 heteroatoms. The van der Waals surface area contributed by atoms with Crippen molar-refractivity contribution in [1.82, 2.24) is 4.90 Å². The molecule has 1 aromatic heterocycles. The van der Waals surface area contributed by atoms with Gasteiger partial charge in [0.2, 0.25) is 0 Å². The number of carbonyl (C=O) groups is 2. The van der Waals surface area contributed by atoms with Crippen LogP contribution in [0.1, 0.15) is 36.0 Å². The average Bonchev–Trinajstić information content (AvgIpc) is 3.50. The summed E-state index contributed by atoms with van der Waals surface area (Å²) in [5.74, 6) is -0.209. The van der Waals surface area contributed by atoms with Crippen molar-refractivity contribution >= 4 is 17.4 Å². The number of rotatable bonds is 6. The Labute approximate surface area is 180 Å². The smallest absolute Gasteiger partial charge is 0.295 e. The third-order valence-electron chi connectivity index (χ3n) is 5.66. The normalized spacial score (nSPS) is 22.9. The molecule has 31 heavy (non-hydrogen) atoms. The second-order valence-electron chi connectivity index (χ2n) is 7.57. The number of Topliss-reactive ketones (excluding diaryl/α,β-unsaturated/α-hetero) is 1. The van der Waals surface area contributed by atoms with Crippen LogP contribution in [-0.4, -0.2) is 55.2 Å². The summed E-state index contributed by atoms with van der Waals surface area (Å²) < 4.78 is 22.2. The summed E-state index contributed by atoms with van der Waals surface area (Å²) in [4.78, 5) is 27.6. The third-order valence-corrected chi connectivity index (χ3v) is 5.66. The van der Waals surface area contributed by atoms with Crippen molar-refractivity contribution < 1.29 is 33.3 Å². The number of hydrogen-bond donors (Lipinski definition) is 1. The van der Waals surface area contributed by atoms with Gasteiger partial charge in [-0.3, -0.25) is 9.59 Å². The van der Waals surface area contributed by atoms with Gasteiger partial charge in [-0.05, 0) is 44.0 Å². The molecule has 0 spiro atoms. The minimum atomic E-state index is -0.882. The van der Waals surface area contributed by atoms with E-state index in [1.54, 1.807) is 37.3 Å². The number of aliphatic hydroxyl groups excluding tert-OH is 1.